The maximum absolute atomic E-state index is 12.3. The van der Waals surface area contributed by atoms with Gasteiger partial charge in [0.1, 0.15) is 5.82 Å². The first kappa shape index (κ1) is 15.3. The molecule has 0 aliphatic rings. The normalized spacial score (nSPS) is 11.6. The first-order chi connectivity index (χ1) is 9.92. The molecule has 0 spiro atoms. The summed E-state index contributed by atoms with van der Waals surface area (Å²) in [5.74, 6) is 0.526. The van der Waals surface area contributed by atoms with Crippen LogP contribution in [0.25, 0.3) is 0 Å². The molecule has 0 saturated carbocycles. The highest BCUT2D eigenvalue weighted by atomic mass is 32.2. The van der Waals surface area contributed by atoms with Crippen LogP contribution in [-0.2, 0) is 10.0 Å². The second-order valence-electron chi connectivity index (χ2n) is 4.82. The SMILES string of the molecule is CCNc1cc(S(=O)(=O)Nc2cnn(C(C)C)c2)ccn1. The fourth-order valence-electron chi connectivity index (χ4n) is 1.74. The van der Waals surface area contributed by atoms with Crippen LogP contribution in [0.4, 0.5) is 11.5 Å². The van der Waals surface area contributed by atoms with Crippen LogP contribution in [0.1, 0.15) is 26.8 Å². The van der Waals surface area contributed by atoms with Gasteiger partial charge in [-0.05, 0) is 26.8 Å². The van der Waals surface area contributed by atoms with E-state index in [9.17, 15) is 8.42 Å². The summed E-state index contributed by atoms with van der Waals surface area (Å²) in [5, 5.41) is 7.09. The topological polar surface area (TPSA) is 88.9 Å². The van der Waals surface area contributed by atoms with Crippen LogP contribution in [0, 0.1) is 0 Å². The fraction of sp³-hybridized carbons (Fsp3) is 0.385. The first-order valence-electron chi connectivity index (χ1n) is 6.69. The van der Waals surface area contributed by atoms with Crippen LogP contribution in [0.15, 0.2) is 35.6 Å². The van der Waals surface area contributed by atoms with Crippen molar-refractivity contribution in [1.82, 2.24) is 14.8 Å². The van der Waals surface area contributed by atoms with E-state index in [4.69, 9.17) is 0 Å². The molecule has 7 nitrogen and oxygen atoms in total. The molecule has 2 aromatic heterocycles. The molecule has 114 valence electrons. The van der Waals surface area contributed by atoms with Gasteiger partial charge in [0.2, 0.25) is 0 Å². The highest BCUT2D eigenvalue weighted by molar-refractivity contribution is 7.92. The molecular formula is C13H19N5O2S. The molecular weight excluding hydrogens is 290 g/mol. The molecule has 2 N–H and O–H groups in total. The van der Waals surface area contributed by atoms with E-state index in [1.807, 2.05) is 20.8 Å². The molecule has 0 unspecified atom stereocenters. The molecule has 2 heterocycles. The molecule has 8 heteroatoms. The molecule has 0 atom stereocenters. The average Bonchev–Trinajstić information content (AvgIpc) is 2.87. The van der Waals surface area contributed by atoms with Crippen molar-refractivity contribution in [2.24, 2.45) is 0 Å². The Balaban J connectivity index is 2.23. The number of nitrogens with zero attached hydrogens (tertiary/aromatic N) is 3. The van der Waals surface area contributed by atoms with E-state index in [1.165, 1.54) is 24.5 Å². The number of rotatable bonds is 6. The van der Waals surface area contributed by atoms with Gasteiger partial charge in [0.15, 0.2) is 0 Å². The van der Waals surface area contributed by atoms with E-state index in [0.29, 0.717) is 18.1 Å². The summed E-state index contributed by atoms with van der Waals surface area (Å²) in [5.41, 5.74) is 0.436. The van der Waals surface area contributed by atoms with Gasteiger partial charge in [0.05, 0.1) is 16.8 Å². The van der Waals surface area contributed by atoms with Crippen LogP contribution >= 0.6 is 0 Å². The van der Waals surface area contributed by atoms with Gasteiger partial charge in [-0.3, -0.25) is 9.40 Å². The number of nitrogens with one attached hydrogen (secondary N) is 2. The lowest BCUT2D eigenvalue weighted by Crippen LogP contribution is -2.13. The zero-order valence-corrected chi connectivity index (χ0v) is 13.1. The van der Waals surface area contributed by atoms with Crippen LogP contribution in [-0.4, -0.2) is 29.7 Å². The van der Waals surface area contributed by atoms with Crippen LogP contribution in [0.5, 0.6) is 0 Å². The molecule has 0 radical (unpaired) electrons. The predicted octanol–water partition coefficient (Wildman–Crippen LogP) is 2.09. The zero-order chi connectivity index (χ0) is 15.5. The van der Waals surface area contributed by atoms with Gasteiger partial charge in [-0.15, -0.1) is 0 Å². The molecule has 2 aromatic rings. The van der Waals surface area contributed by atoms with Crippen LogP contribution < -0.4 is 10.0 Å². The van der Waals surface area contributed by atoms with Gasteiger partial charge in [-0.2, -0.15) is 5.10 Å². The van der Waals surface area contributed by atoms with E-state index in [1.54, 1.807) is 10.9 Å². The van der Waals surface area contributed by atoms with Gasteiger partial charge in [-0.25, -0.2) is 13.4 Å². The van der Waals surface area contributed by atoms with Gasteiger partial charge >= 0.3 is 0 Å². The number of hydrogen-bond donors (Lipinski definition) is 2. The smallest absolute Gasteiger partial charge is 0.262 e. The Morgan fingerprint density at radius 2 is 2.14 bits per heavy atom. The minimum Gasteiger partial charge on any atom is -0.370 e. The third-order valence-electron chi connectivity index (χ3n) is 2.78. The van der Waals surface area contributed by atoms with Crippen molar-refractivity contribution < 1.29 is 8.42 Å². The van der Waals surface area contributed by atoms with Crippen molar-refractivity contribution >= 4 is 21.5 Å². The van der Waals surface area contributed by atoms with Crippen molar-refractivity contribution in [3.05, 3.63) is 30.7 Å². The summed E-state index contributed by atoms with van der Waals surface area (Å²) in [6.45, 7) is 6.53. The number of anilines is 2. The summed E-state index contributed by atoms with van der Waals surface area (Å²) < 4.78 is 28.9. The maximum Gasteiger partial charge on any atom is 0.262 e. The fourth-order valence-corrected chi connectivity index (χ4v) is 2.78. The van der Waals surface area contributed by atoms with Crippen molar-refractivity contribution in [1.29, 1.82) is 0 Å². The minimum absolute atomic E-state index is 0.158. The lowest BCUT2D eigenvalue weighted by atomic mass is 10.4. The van der Waals surface area contributed by atoms with Crippen molar-refractivity contribution in [2.75, 3.05) is 16.6 Å². The lowest BCUT2D eigenvalue weighted by molar-refractivity contribution is 0.532. The quantitative estimate of drug-likeness (QED) is 0.853. The highest BCUT2D eigenvalue weighted by Crippen LogP contribution is 2.18. The molecule has 0 bridgehead atoms. The van der Waals surface area contributed by atoms with E-state index in [2.05, 4.69) is 20.1 Å². The average molecular weight is 309 g/mol. The Morgan fingerprint density at radius 1 is 1.38 bits per heavy atom. The van der Waals surface area contributed by atoms with E-state index >= 15 is 0 Å². The summed E-state index contributed by atoms with van der Waals surface area (Å²) in [7, 11) is -3.65. The largest absolute Gasteiger partial charge is 0.370 e. The van der Waals surface area contributed by atoms with Crippen molar-refractivity contribution in [3.63, 3.8) is 0 Å². The molecule has 0 saturated heterocycles. The van der Waals surface area contributed by atoms with Crippen LogP contribution in [0.3, 0.4) is 0 Å². The summed E-state index contributed by atoms with van der Waals surface area (Å²) >= 11 is 0. The Morgan fingerprint density at radius 3 is 2.76 bits per heavy atom. The molecule has 21 heavy (non-hydrogen) atoms. The number of hydrogen-bond acceptors (Lipinski definition) is 5. The van der Waals surface area contributed by atoms with Crippen LogP contribution in [0.2, 0.25) is 0 Å². The number of aromatic nitrogens is 3. The van der Waals surface area contributed by atoms with Gasteiger partial charge < -0.3 is 5.32 Å². The van der Waals surface area contributed by atoms with Gasteiger partial charge in [-0.1, -0.05) is 0 Å². The molecule has 0 amide bonds. The summed E-state index contributed by atoms with van der Waals surface area (Å²) in [6, 6.07) is 3.12. The first-order valence-corrected chi connectivity index (χ1v) is 8.17. The summed E-state index contributed by atoms with van der Waals surface area (Å²) in [6.07, 6.45) is 4.61. The molecule has 0 aliphatic carbocycles. The lowest BCUT2D eigenvalue weighted by Gasteiger charge is -2.08. The van der Waals surface area contributed by atoms with Crippen molar-refractivity contribution in [3.8, 4) is 0 Å². The third-order valence-corrected chi connectivity index (χ3v) is 4.16. The van der Waals surface area contributed by atoms with E-state index < -0.39 is 10.0 Å². The molecule has 0 aliphatic heterocycles. The monoisotopic (exact) mass is 309 g/mol. The Labute approximate surface area is 124 Å². The second kappa shape index (κ2) is 6.13. The zero-order valence-electron chi connectivity index (χ0n) is 12.2. The van der Waals surface area contributed by atoms with Gasteiger partial charge in [0.25, 0.3) is 10.0 Å². The third kappa shape index (κ3) is 3.72. The van der Waals surface area contributed by atoms with Crippen molar-refractivity contribution in [2.45, 2.75) is 31.7 Å². The number of pyridine rings is 1. The van der Waals surface area contributed by atoms with Gasteiger partial charge in [0, 0.05) is 31.0 Å². The Kier molecular flexibility index (Phi) is 4.46. The molecule has 2 rings (SSSR count). The standard InChI is InChI=1S/C13H19N5O2S/c1-4-14-13-7-12(5-6-15-13)21(19,20)17-11-8-16-18(9-11)10(2)3/h5-10,17H,4H2,1-3H3,(H,14,15). The molecule has 0 aromatic carbocycles. The van der Waals surface area contributed by atoms with E-state index in [0.717, 1.165) is 0 Å². The Hall–Kier alpha value is -2.09. The number of sulfonamides is 1. The minimum atomic E-state index is -3.65. The van der Waals surface area contributed by atoms with E-state index in [-0.39, 0.29) is 10.9 Å². The Bertz CT molecular complexity index is 709. The molecule has 0 fully saturated rings. The highest BCUT2D eigenvalue weighted by Gasteiger charge is 2.16. The maximum atomic E-state index is 12.3. The summed E-state index contributed by atoms with van der Waals surface area (Å²) in [4.78, 5) is 4.22. The predicted molar refractivity (Wildman–Crippen MR) is 81.8 cm³/mol. The second-order valence-corrected chi connectivity index (χ2v) is 6.50.